The summed E-state index contributed by atoms with van der Waals surface area (Å²) in [7, 11) is 0. The topological polar surface area (TPSA) is 158 Å². The third-order valence-electron chi connectivity index (χ3n) is 8.05. The van der Waals surface area contributed by atoms with Crippen LogP contribution in [0, 0.1) is 0 Å². The Bertz CT molecular complexity index is 1550. The molecule has 0 saturated heterocycles. The highest BCUT2D eigenvalue weighted by molar-refractivity contribution is 5.77. The number of hydrogen-bond acceptors (Lipinski definition) is 8. The maximum Gasteiger partial charge on any atom is 0.220 e. The highest BCUT2D eigenvalue weighted by atomic mass is 16.5. The van der Waals surface area contributed by atoms with Crippen LogP contribution < -0.4 is 10.6 Å². The van der Waals surface area contributed by atoms with Gasteiger partial charge in [0.1, 0.15) is 11.5 Å². The number of aliphatic hydroxyl groups is 2. The van der Waals surface area contributed by atoms with E-state index in [1.54, 1.807) is 38.1 Å². The van der Waals surface area contributed by atoms with Crippen molar-refractivity contribution in [1.29, 1.82) is 0 Å². The molecule has 2 amide bonds. The number of phenols is 2. The lowest BCUT2D eigenvalue weighted by molar-refractivity contribution is -0.123. The number of phenolic OH excluding ortho intramolecular Hbond substituents is 2. The van der Waals surface area contributed by atoms with Crippen molar-refractivity contribution in [2.24, 2.45) is 0 Å². The number of carbonyl (C=O) groups excluding carboxylic acids is 2. The Morgan fingerprint density at radius 2 is 1.02 bits per heavy atom. The predicted molar refractivity (Wildman–Crippen MR) is 202 cm³/mol. The number of aryl methyl sites for hydroxylation is 2. The Balaban J connectivity index is 0.000000280. The molecule has 6 N–H and O–H groups in total. The summed E-state index contributed by atoms with van der Waals surface area (Å²) in [4.78, 5) is 24.6. The third-order valence-corrected chi connectivity index (χ3v) is 8.05. The van der Waals surface area contributed by atoms with E-state index in [4.69, 9.17) is 14.6 Å². The van der Waals surface area contributed by atoms with Gasteiger partial charge < -0.3 is 40.5 Å². The summed E-state index contributed by atoms with van der Waals surface area (Å²) in [6.45, 7) is 4.25. The quantitative estimate of drug-likeness (QED) is 0.0755. The molecule has 4 unspecified atom stereocenters. The number of aromatic hydroxyl groups is 2. The van der Waals surface area contributed by atoms with Crippen LogP contribution in [0.2, 0.25) is 0 Å². The van der Waals surface area contributed by atoms with Crippen LogP contribution in [0.25, 0.3) is 0 Å². The van der Waals surface area contributed by atoms with Gasteiger partial charge in [-0.05, 0) is 86.1 Å². The molecule has 0 heterocycles. The van der Waals surface area contributed by atoms with Gasteiger partial charge in [-0.25, -0.2) is 0 Å². The lowest BCUT2D eigenvalue weighted by Crippen LogP contribution is -2.41. The second-order valence-corrected chi connectivity index (χ2v) is 13.0. The first-order valence-electron chi connectivity index (χ1n) is 17.8. The Hall–Kier alpha value is -4.74. The van der Waals surface area contributed by atoms with Gasteiger partial charge in [0.25, 0.3) is 0 Å². The van der Waals surface area contributed by atoms with E-state index in [9.17, 15) is 24.9 Å². The van der Waals surface area contributed by atoms with E-state index < -0.39 is 6.10 Å². The summed E-state index contributed by atoms with van der Waals surface area (Å²) < 4.78 is 11.1. The van der Waals surface area contributed by atoms with Gasteiger partial charge in [0, 0.05) is 12.8 Å². The van der Waals surface area contributed by atoms with E-state index in [1.165, 1.54) is 0 Å². The van der Waals surface area contributed by atoms with E-state index in [-0.39, 0.29) is 54.7 Å². The van der Waals surface area contributed by atoms with Crippen LogP contribution in [0.1, 0.15) is 48.9 Å². The van der Waals surface area contributed by atoms with Crippen molar-refractivity contribution in [3.8, 4) is 11.5 Å². The van der Waals surface area contributed by atoms with Crippen molar-refractivity contribution >= 4 is 11.8 Å². The van der Waals surface area contributed by atoms with Gasteiger partial charge in [0.2, 0.25) is 11.8 Å². The van der Waals surface area contributed by atoms with Crippen LogP contribution >= 0.6 is 0 Å². The van der Waals surface area contributed by atoms with Crippen molar-refractivity contribution < 1.29 is 39.5 Å². The first-order valence-corrected chi connectivity index (χ1v) is 17.8. The minimum Gasteiger partial charge on any atom is -0.508 e. The number of ether oxygens (including phenoxy) is 2. The molecule has 0 saturated carbocycles. The Morgan fingerprint density at radius 3 is 1.42 bits per heavy atom. The molecule has 0 bridgehead atoms. The first kappa shape index (κ1) is 41.7. The van der Waals surface area contributed by atoms with Crippen molar-refractivity contribution in [3.05, 3.63) is 131 Å². The first-order chi connectivity index (χ1) is 25.1. The monoisotopic (exact) mass is 714 g/mol. The molecule has 0 spiro atoms. The molecule has 4 rings (SSSR count). The third kappa shape index (κ3) is 18.0. The highest BCUT2D eigenvalue weighted by Crippen LogP contribution is 2.14. The molecule has 4 aromatic rings. The van der Waals surface area contributed by atoms with Gasteiger partial charge >= 0.3 is 0 Å². The van der Waals surface area contributed by atoms with Crippen LogP contribution in [0.3, 0.4) is 0 Å². The second-order valence-electron chi connectivity index (χ2n) is 13.0. The highest BCUT2D eigenvalue weighted by Gasteiger charge is 2.16. The summed E-state index contributed by atoms with van der Waals surface area (Å²) in [5, 5.41) is 43.3. The van der Waals surface area contributed by atoms with Crippen molar-refractivity contribution in [2.75, 3.05) is 26.4 Å². The molecule has 10 heteroatoms. The van der Waals surface area contributed by atoms with Crippen LogP contribution in [0.4, 0.5) is 0 Å². The molecule has 4 atom stereocenters. The zero-order chi connectivity index (χ0) is 37.6. The molecule has 0 aliphatic rings. The lowest BCUT2D eigenvalue weighted by Gasteiger charge is -2.21. The van der Waals surface area contributed by atoms with E-state index >= 15 is 0 Å². The molecule has 10 nitrogen and oxygen atoms in total. The van der Waals surface area contributed by atoms with Gasteiger partial charge in [-0.3, -0.25) is 9.59 Å². The standard InChI is InChI=1S/2C21H27NO4/c1-16(23)14-26-15-19(13-18-7-10-20(24)11-8-18)22-21(25)12-9-17-5-3-2-4-6-17;1-16(14-23)26-15-19(13-18-7-10-20(24)11-8-18)22-21(25)12-9-17-5-3-2-4-6-17/h2*2-8,10-11,16,19,23-24H,9,12-15H2,1H3,(H,22,25). The number of benzene rings is 4. The second kappa shape index (κ2) is 23.7. The smallest absolute Gasteiger partial charge is 0.220 e. The van der Waals surface area contributed by atoms with Crippen LogP contribution in [0.5, 0.6) is 11.5 Å². The Kier molecular flexibility index (Phi) is 19.0. The molecule has 4 aromatic carbocycles. The molecule has 280 valence electrons. The van der Waals surface area contributed by atoms with Gasteiger partial charge in [-0.1, -0.05) is 84.9 Å². The van der Waals surface area contributed by atoms with Crippen LogP contribution in [-0.2, 0) is 44.7 Å². The number of rotatable bonds is 20. The van der Waals surface area contributed by atoms with Gasteiger partial charge in [-0.2, -0.15) is 0 Å². The fourth-order valence-corrected chi connectivity index (χ4v) is 5.26. The summed E-state index contributed by atoms with van der Waals surface area (Å²) in [6.07, 6.45) is 2.56. The molecule has 0 radical (unpaired) electrons. The van der Waals surface area contributed by atoms with E-state index in [0.717, 1.165) is 22.3 Å². The molecular weight excluding hydrogens is 660 g/mol. The fraction of sp³-hybridized carbons (Fsp3) is 0.381. The van der Waals surface area contributed by atoms with Crippen molar-refractivity contribution in [2.45, 2.75) is 76.7 Å². The van der Waals surface area contributed by atoms with Crippen molar-refractivity contribution in [1.82, 2.24) is 10.6 Å². The van der Waals surface area contributed by atoms with Crippen LogP contribution in [0.15, 0.2) is 109 Å². The summed E-state index contributed by atoms with van der Waals surface area (Å²) in [6, 6.07) is 33.2. The Morgan fingerprint density at radius 1 is 0.596 bits per heavy atom. The predicted octanol–water partition coefficient (Wildman–Crippen LogP) is 4.90. The summed E-state index contributed by atoms with van der Waals surface area (Å²) in [5.74, 6) is 0.362. The van der Waals surface area contributed by atoms with E-state index in [1.807, 2.05) is 84.9 Å². The largest absolute Gasteiger partial charge is 0.508 e. The fourth-order valence-electron chi connectivity index (χ4n) is 5.26. The molecule has 0 aliphatic heterocycles. The number of carbonyl (C=O) groups is 2. The number of nitrogens with one attached hydrogen (secondary N) is 2. The van der Waals surface area contributed by atoms with Gasteiger partial charge in [-0.15, -0.1) is 0 Å². The summed E-state index contributed by atoms with van der Waals surface area (Å²) >= 11 is 0. The zero-order valence-electron chi connectivity index (χ0n) is 30.2. The Labute approximate surface area is 307 Å². The number of amides is 2. The minimum absolute atomic E-state index is 0.0294. The SMILES string of the molecule is CC(CO)OCC(Cc1ccc(O)cc1)NC(=O)CCc1ccccc1.CC(O)COCC(Cc1ccc(O)cc1)NC(=O)CCc1ccccc1. The maximum atomic E-state index is 12.3. The number of aliphatic hydroxyl groups excluding tert-OH is 2. The van der Waals surface area contributed by atoms with Crippen LogP contribution in [-0.4, -0.2) is 83.0 Å². The van der Waals surface area contributed by atoms with Crippen molar-refractivity contribution in [3.63, 3.8) is 0 Å². The summed E-state index contributed by atoms with van der Waals surface area (Å²) in [5.41, 5.74) is 4.25. The molecular formula is C42H54N2O8. The van der Waals surface area contributed by atoms with Gasteiger partial charge in [0.15, 0.2) is 0 Å². The average Bonchev–Trinajstić information content (AvgIpc) is 3.14. The maximum absolute atomic E-state index is 12.3. The van der Waals surface area contributed by atoms with Gasteiger partial charge in [0.05, 0.1) is 50.7 Å². The molecule has 0 aromatic heterocycles. The average molecular weight is 715 g/mol. The molecule has 0 aliphatic carbocycles. The molecule has 0 fully saturated rings. The molecule has 52 heavy (non-hydrogen) atoms. The number of hydrogen-bond donors (Lipinski definition) is 6. The van der Waals surface area contributed by atoms with E-state index in [2.05, 4.69) is 10.6 Å². The normalized spacial score (nSPS) is 13.2. The van der Waals surface area contributed by atoms with E-state index in [0.29, 0.717) is 51.7 Å². The zero-order valence-corrected chi connectivity index (χ0v) is 30.2. The lowest BCUT2D eigenvalue weighted by atomic mass is 10.1. The minimum atomic E-state index is -0.543.